The predicted octanol–water partition coefficient (Wildman–Crippen LogP) is 3.63. The van der Waals surface area contributed by atoms with E-state index in [-0.39, 0.29) is 24.3 Å². The summed E-state index contributed by atoms with van der Waals surface area (Å²) in [5, 5.41) is 6.38. The van der Waals surface area contributed by atoms with E-state index in [2.05, 4.69) is 10.5 Å². The van der Waals surface area contributed by atoms with Crippen molar-refractivity contribution in [3.8, 4) is 0 Å². The predicted molar refractivity (Wildman–Crippen MR) is 107 cm³/mol. The number of nitrogens with zero attached hydrogens (tertiary/aromatic N) is 1. The Morgan fingerprint density at radius 2 is 1.77 bits per heavy atom. The van der Waals surface area contributed by atoms with Gasteiger partial charge in [0.05, 0.1) is 11.4 Å². The normalized spacial score (nSPS) is 13.4. The van der Waals surface area contributed by atoms with Gasteiger partial charge in [-0.05, 0) is 20.3 Å². The van der Waals surface area contributed by atoms with Crippen LogP contribution in [0.5, 0.6) is 0 Å². The molecule has 1 amide bonds. The van der Waals surface area contributed by atoms with Crippen molar-refractivity contribution in [1.82, 2.24) is 5.16 Å². The van der Waals surface area contributed by atoms with Crippen LogP contribution in [0.1, 0.15) is 60.1 Å². The van der Waals surface area contributed by atoms with Gasteiger partial charge in [-0.1, -0.05) is 32.9 Å². The van der Waals surface area contributed by atoms with Crippen LogP contribution in [-0.4, -0.2) is 48.7 Å². The Balaban J connectivity index is 2.78. The Kier molecular flexibility index (Phi) is 8.32. The monoisotopic (exact) mass is 470 g/mol. The van der Waals surface area contributed by atoms with E-state index in [9.17, 15) is 31.2 Å². The zero-order chi connectivity index (χ0) is 24.3. The Labute approximate surface area is 179 Å². The highest BCUT2D eigenvalue weighted by molar-refractivity contribution is 7.93. The number of rotatable bonds is 10. The van der Waals surface area contributed by atoms with Gasteiger partial charge < -0.3 is 9.26 Å². The van der Waals surface area contributed by atoms with Crippen LogP contribution >= 0.6 is 0 Å². The lowest BCUT2D eigenvalue weighted by Gasteiger charge is -2.26. The number of amides is 1. The van der Waals surface area contributed by atoms with Crippen molar-refractivity contribution in [1.29, 1.82) is 0 Å². The number of carbonyl (C=O) groups excluding carboxylic acids is 2. The van der Waals surface area contributed by atoms with Crippen LogP contribution in [0.15, 0.2) is 10.6 Å². The van der Waals surface area contributed by atoms with Gasteiger partial charge in [0.15, 0.2) is 14.6 Å². The van der Waals surface area contributed by atoms with Gasteiger partial charge in [-0.3, -0.25) is 14.9 Å². The van der Waals surface area contributed by atoms with Crippen molar-refractivity contribution in [2.45, 2.75) is 70.7 Å². The molecule has 0 fully saturated rings. The number of halogens is 3. The Morgan fingerprint density at radius 3 is 2.29 bits per heavy atom. The number of hydrogen-bond donors (Lipinski definition) is 1. The summed E-state index contributed by atoms with van der Waals surface area (Å²) >= 11 is 0. The summed E-state index contributed by atoms with van der Waals surface area (Å²) in [5.41, 5.74) is -0.541. The SMILES string of the molecule is CC(C)C(=O)Nc1cc(C(C)(C)COC(=O)C(C)(C)S(=O)(=O)CCCC(F)(F)F)no1. The van der Waals surface area contributed by atoms with Crippen LogP contribution < -0.4 is 5.32 Å². The second kappa shape index (κ2) is 9.58. The molecule has 0 aromatic carbocycles. The second-order valence-electron chi connectivity index (χ2n) is 8.73. The number of anilines is 1. The number of aromatic nitrogens is 1. The number of sulfone groups is 1. The summed E-state index contributed by atoms with van der Waals surface area (Å²) in [7, 11) is -4.19. The molecule has 0 bridgehead atoms. The molecule has 0 saturated carbocycles. The van der Waals surface area contributed by atoms with Gasteiger partial charge in [-0.25, -0.2) is 8.42 Å². The first-order valence-corrected chi connectivity index (χ1v) is 11.3. The number of hydrogen-bond acceptors (Lipinski definition) is 7. The molecule has 1 heterocycles. The second-order valence-corrected chi connectivity index (χ2v) is 11.4. The first-order valence-electron chi connectivity index (χ1n) is 9.63. The van der Waals surface area contributed by atoms with Gasteiger partial charge in [0, 0.05) is 23.8 Å². The Bertz CT molecular complexity index is 889. The largest absolute Gasteiger partial charge is 0.464 e. The topological polar surface area (TPSA) is 116 Å². The molecule has 8 nitrogen and oxygen atoms in total. The molecule has 0 saturated heterocycles. The molecule has 1 aromatic rings. The van der Waals surface area contributed by atoms with Gasteiger partial charge >= 0.3 is 12.1 Å². The molecule has 0 aliphatic carbocycles. The zero-order valence-electron chi connectivity index (χ0n) is 18.4. The molecule has 1 N–H and O–H groups in total. The van der Waals surface area contributed by atoms with Gasteiger partial charge in [-0.2, -0.15) is 13.2 Å². The first-order chi connectivity index (χ1) is 13.9. The van der Waals surface area contributed by atoms with Gasteiger partial charge in [0.25, 0.3) is 0 Å². The minimum Gasteiger partial charge on any atom is -0.464 e. The Morgan fingerprint density at radius 1 is 1.19 bits per heavy atom. The molecule has 0 aliphatic heterocycles. The van der Waals surface area contributed by atoms with Crippen LogP contribution in [0.2, 0.25) is 0 Å². The fourth-order valence-electron chi connectivity index (χ4n) is 2.26. The van der Waals surface area contributed by atoms with E-state index in [1.54, 1.807) is 27.7 Å². The molecule has 0 aliphatic rings. The van der Waals surface area contributed by atoms with Crippen LogP contribution in [0.4, 0.5) is 19.1 Å². The van der Waals surface area contributed by atoms with Gasteiger partial charge in [-0.15, -0.1) is 0 Å². The molecule has 31 heavy (non-hydrogen) atoms. The van der Waals surface area contributed by atoms with Crippen LogP contribution in [0, 0.1) is 5.92 Å². The van der Waals surface area contributed by atoms with Gasteiger partial charge in [0.2, 0.25) is 11.8 Å². The summed E-state index contributed by atoms with van der Waals surface area (Å²) < 4.78 is 69.9. The summed E-state index contributed by atoms with van der Waals surface area (Å²) in [6.07, 6.45) is -6.38. The van der Waals surface area contributed by atoms with Crippen LogP contribution in [0.25, 0.3) is 0 Å². The average Bonchev–Trinajstić information content (AvgIpc) is 3.07. The van der Waals surface area contributed by atoms with Gasteiger partial charge in [0.1, 0.15) is 6.61 Å². The lowest BCUT2D eigenvalue weighted by Crippen LogP contribution is -2.44. The molecule has 0 unspecified atom stereocenters. The maximum Gasteiger partial charge on any atom is 0.389 e. The van der Waals surface area contributed by atoms with E-state index in [0.717, 1.165) is 13.8 Å². The fourth-order valence-corrected chi connectivity index (χ4v) is 3.60. The lowest BCUT2D eigenvalue weighted by atomic mass is 9.90. The standard InChI is InChI=1S/C19H29F3N2O6S/c1-12(2)15(25)23-14-10-13(24-30-14)17(3,4)11-29-16(26)18(5,6)31(27,28)9-7-8-19(20,21)22/h10,12H,7-9,11H2,1-6H3,(H,23,25). The van der Waals surface area contributed by atoms with Crippen molar-refractivity contribution in [2.75, 3.05) is 17.7 Å². The van der Waals surface area contributed by atoms with Crippen LogP contribution in [-0.2, 0) is 29.6 Å². The van der Waals surface area contributed by atoms with Crippen molar-refractivity contribution in [2.24, 2.45) is 5.92 Å². The summed E-state index contributed by atoms with van der Waals surface area (Å²) in [4.78, 5) is 24.2. The smallest absolute Gasteiger partial charge is 0.389 e. The van der Waals surface area contributed by atoms with E-state index >= 15 is 0 Å². The maximum atomic E-state index is 12.5. The molecule has 0 spiro atoms. The third kappa shape index (κ3) is 7.51. The molecular weight excluding hydrogens is 441 g/mol. The number of nitrogens with one attached hydrogen (secondary N) is 1. The zero-order valence-corrected chi connectivity index (χ0v) is 19.2. The summed E-state index contributed by atoms with van der Waals surface area (Å²) in [6.45, 7) is 8.66. The number of ether oxygens (including phenoxy) is 1. The number of alkyl halides is 3. The van der Waals surface area contributed by atoms with Crippen LogP contribution in [0.3, 0.4) is 0 Å². The maximum absolute atomic E-state index is 12.5. The molecule has 1 aromatic heterocycles. The molecule has 178 valence electrons. The van der Waals surface area contributed by atoms with E-state index in [0.29, 0.717) is 5.69 Å². The quantitative estimate of drug-likeness (QED) is 0.519. The highest BCUT2D eigenvalue weighted by Gasteiger charge is 2.44. The molecule has 0 atom stereocenters. The molecular formula is C19H29F3N2O6S. The fraction of sp³-hybridized carbons (Fsp3) is 0.737. The highest BCUT2D eigenvalue weighted by Crippen LogP contribution is 2.28. The number of carbonyl (C=O) groups is 2. The minimum atomic E-state index is -4.48. The third-order valence-corrected chi connectivity index (χ3v) is 7.23. The van der Waals surface area contributed by atoms with Crippen molar-refractivity contribution < 1.29 is 40.4 Å². The minimum absolute atomic E-state index is 0.112. The van der Waals surface area contributed by atoms with E-state index in [1.807, 2.05) is 0 Å². The van der Waals surface area contributed by atoms with E-state index < -0.39 is 50.7 Å². The molecule has 1 rings (SSSR count). The summed E-state index contributed by atoms with van der Waals surface area (Å²) in [5.74, 6) is -2.31. The van der Waals surface area contributed by atoms with E-state index in [1.165, 1.54) is 6.07 Å². The average molecular weight is 471 g/mol. The summed E-state index contributed by atoms with van der Waals surface area (Å²) in [6, 6.07) is 1.47. The highest BCUT2D eigenvalue weighted by atomic mass is 32.2. The lowest BCUT2D eigenvalue weighted by molar-refractivity contribution is -0.147. The van der Waals surface area contributed by atoms with E-state index in [4.69, 9.17) is 9.26 Å². The first kappa shape index (κ1) is 26.9. The number of esters is 1. The van der Waals surface area contributed by atoms with Crippen molar-refractivity contribution in [3.05, 3.63) is 11.8 Å². The van der Waals surface area contributed by atoms with Crippen molar-refractivity contribution in [3.63, 3.8) is 0 Å². The van der Waals surface area contributed by atoms with Crippen molar-refractivity contribution >= 4 is 27.6 Å². The Hall–Kier alpha value is -2.11. The molecule has 0 radical (unpaired) electrons. The third-order valence-electron chi connectivity index (χ3n) is 4.68. The molecule has 12 heteroatoms.